The van der Waals surface area contributed by atoms with Gasteiger partial charge < -0.3 is 15.0 Å². The summed E-state index contributed by atoms with van der Waals surface area (Å²) < 4.78 is 9.73. The summed E-state index contributed by atoms with van der Waals surface area (Å²) in [6.07, 6.45) is 11.5. The number of hydrogen-bond donors (Lipinski definition) is 1. The van der Waals surface area contributed by atoms with E-state index in [1.165, 1.54) is 18.0 Å². The molecule has 3 fully saturated rings. The molecule has 2 saturated heterocycles. The molecule has 3 unspecified atom stereocenters. The number of nitrogens with one attached hydrogen (secondary N) is 1. The van der Waals surface area contributed by atoms with Gasteiger partial charge in [0.15, 0.2) is 11.5 Å². The molecule has 196 valence electrons. The lowest BCUT2D eigenvalue weighted by molar-refractivity contribution is -0.133. The van der Waals surface area contributed by atoms with E-state index in [9.17, 15) is 4.79 Å². The third-order valence-corrected chi connectivity index (χ3v) is 8.10. The van der Waals surface area contributed by atoms with Crippen molar-refractivity contribution in [2.75, 3.05) is 11.9 Å². The number of ether oxygens (including phenoxy) is 1. The summed E-state index contributed by atoms with van der Waals surface area (Å²) in [5.41, 5.74) is 4.84. The minimum atomic E-state index is 0.0393. The summed E-state index contributed by atoms with van der Waals surface area (Å²) >= 11 is 0. The molecule has 10 heteroatoms. The van der Waals surface area contributed by atoms with Crippen LogP contribution in [0, 0.1) is 12.8 Å². The molecule has 1 aliphatic carbocycles. The van der Waals surface area contributed by atoms with E-state index in [1.807, 2.05) is 59.1 Å². The maximum absolute atomic E-state index is 12.4. The Kier molecular flexibility index (Phi) is 5.54. The van der Waals surface area contributed by atoms with E-state index in [1.54, 1.807) is 10.8 Å². The SMILES string of the molecule is C=CC(=O)N1CC2CCC1CC2c1ccn2ncnc(Nc3ccc(Oc4ccn5ncnc5c4)c(C)c3)c12. The van der Waals surface area contributed by atoms with Gasteiger partial charge in [0.25, 0.3) is 0 Å². The molecule has 3 atom stereocenters. The van der Waals surface area contributed by atoms with E-state index < -0.39 is 0 Å². The summed E-state index contributed by atoms with van der Waals surface area (Å²) in [7, 11) is 0. The molecule has 8 rings (SSSR count). The van der Waals surface area contributed by atoms with Crippen LogP contribution < -0.4 is 10.1 Å². The number of anilines is 2. The molecule has 1 aromatic carbocycles. The molecule has 2 bridgehead atoms. The van der Waals surface area contributed by atoms with Crippen LogP contribution in [0.2, 0.25) is 0 Å². The van der Waals surface area contributed by atoms with Crippen molar-refractivity contribution in [3.05, 3.63) is 85.2 Å². The van der Waals surface area contributed by atoms with Gasteiger partial charge in [-0.1, -0.05) is 6.58 Å². The summed E-state index contributed by atoms with van der Waals surface area (Å²) in [6, 6.07) is 12.1. The number of amides is 1. The number of hydrogen-bond acceptors (Lipinski definition) is 7. The standard InChI is InChI=1S/C29H28N8O2/c1-3-27(38)35-15-19-4-6-21(35)13-24(19)23-9-11-37-28(23)29(31-17-33-37)34-20-5-7-25(18(2)12-20)39-22-8-10-36-26(14-22)30-16-32-36/h3,5,7-12,14,16-17,19,21,24H,1,4,6,13,15H2,2H3,(H,31,33,34). The molecular formula is C29H28N8O2. The fourth-order valence-corrected chi connectivity index (χ4v) is 6.22. The lowest BCUT2D eigenvalue weighted by atomic mass is 9.69. The Bertz CT molecular complexity index is 1720. The number of aromatic nitrogens is 6. The van der Waals surface area contributed by atoms with Crippen LogP contribution >= 0.6 is 0 Å². The first-order valence-electron chi connectivity index (χ1n) is 13.2. The highest BCUT2D eigenvalue weighted by molar-refractivity contribution is 5.87. The van der Waals surface area contributed by atoms with Gasteiger partial charge in [-0.2, -0.15) is 10.2 Å². The monoisotopic (exact) mass is 520 g/mol. The number of rotatable bonds is 6. The Balaban J connectivity index is 1.15. The van der Waals surface area contributed by atoms with E-state index in [4.69, 9.17) is 4.74 Å². The molecule has 0 radical (unpaired) electrons. The first-order valence-corrected chi connectivity index (χ1v) is 13.2. The fraction of sp³-hybridized carbons (Fsp3) is 0.276. The molecule has 10 nitrogen and oxygen atoms in total. The largest absolute Gasteiger partial charge is 0.457 e. The predicted molar refractivity (Wildman–Crippen MR) is 146 cm³/mol. The van der Waals surface area contributed by atoms with Crippen LogP contribution in [0.5, 0.6) is 11.5 Å². The molecule has 3 aliphatic rings. The van der Waals surface area contributed by atoms with E-state index >= 15 is 0 Å². The number of fused-ring (bicyclic) bond motifs is 5. The molecule has 6 heterocycles. The van der Waals surface area contributed by atoms with Crippen LogP contribution in [-0.4, -0.2) is 52.6 Å². The van der Waals surface area contributed by atoms with Crippen molar-refractivity contribution in [1.29, 1.82) is 0 Å². The molecule has 0 spiro atoms. The number of pyridine rings is 1. The molecule has 1 amide bonds. The van der Waals surface area contributed by atoms with Gasteiger partial charge in [-0.3, -0.25) is 4.79 Å². The van der Waals surface area contributed by atoms with Crippen molar-refractivity contribution in [1.82, 2.24) is 34.1 Å². The second-order valence-corrected chi connectivity index (χ2v) is 10.3. The molecule has 5 aromatic rings. The normalized spacial score (nSPS) is 20.4. The third kappa shape index (κ3) is 4.08. The highest BCUT2D eigenvalue weighted by Gasteiger charge is 2.43. The second-order valence-electron chi connectivity index (χ2n) is 10.3. The highest BCUT2D eigenvalue weighted by Crippen LogP contribution is 2.47. The average Bonchev–Trinajstić information content (AvgIpc) is 3.62. The van der Waals surface area contributed by atoms with Crippen LogP contribution in [0.4, 0.5) is 11.5 Å². The number of carbonyl (C=O) groups is 1. The van der Waals surface area contributed by atoms with Crippen molar-refractivity contribution >= 4 is 28.6 Å². The lowest BCUT2D eigenvalue weighted by Crippen LogP contribution is -2.53. The third-order valence-electron chi connectivity index (χ3n) is 8.10. The quantitative estimate of drug-likeness (QED) is 0.318. The summed E-state index contributed by atoms with van der Waals surface area (Å²) in [5.74, 6) is 3.03. The van der Waals surface area contributed by atoms with Crippen molar-refractivity contribution in [3.8, 4) is 11.5 Å². The molecule has 39 heavy (non-hydrogen) atoms. The number of aryl methyl sites for hydroxylation is 1. The van der Waals surface area contributed by atoms with Crippen LogP contribution in [0.1, 0.15) is 36.3 Å². The molecule has 4 aromatic heterocycles. The Morgan fingerprint density at radius 2 is 1.92 bits per heavy atom. The van der Waals surface area contributed by atoms with E-state index in [0.717, 1.165) is 59.8 Å². The van der Waals surface area contributed by atoms with E-state index in [0.29, 0.717) is 17.6 Å². The summed E-state index contributed by atoms with van der Waals surface area (Å²) in [6.45, 7) is 6.48. The van der Waals surface area contributed by atoms with Gasteiger partial charge in [-0.15, -0.1) is 0 Å². The van der Waals surface area contributed by atoms with Gasteiger partial charge in [0.2, 0.25) is 5.91 Å². The van der Waals surface area contributed by atoms with Crippen molar-refractivity contribution in [2.24, 2.45) is 5.92 Å². The van der Waals surface area contributed by atoms with Crippen LogP contribution in [0.3, 0.4) is 0 Å². The van der Waals surface area contributed by atoms with Crippen molar-refractivity contribution in [3.63, 3.8) is 0 Å². The van der Waals surface area contributed by atoms with Gasteiger partial charge in [0, 0.05) is 36.7 Å². The zero-order valence-corrected chi connectivity index (χ0v) is 21.6. The fourth-order valence-electron chi connectivity index (χ4n) is 6.22. The maximum Gasteiger partial charge on any atom is 0.246 e. The minimum Gasteiger partial charge on any atom is -0.457 e. The maximum atomic E-state index is 12.4. The minimum absolute atomic E-state index is 0.0393. The van der Waals surface area contributed by atoms with Gasteiger partial charge in [0.1, 0.15) is 29.7 Å². The Morgan fingerprint density at radius 3 is 2.74 bits per heavy atom. The number of nitrogens with zero attached hydrogens (tertiary/aromatic N) is 7. The topological polar surface area (TPSA) is 102 Å². The number of piperidine rings is 2. The zero-order valence-electron chi connectivity index (χ0n) is 21.6. The van der Waals surface area contributed by atoms with Crippen LogP contribution in [0.25, 0.3) is 11.2 Å². The van der Waals surface area contributed by atoms with E-state index in [-0.39, 0.29) is 11.9 Å². The first-order chi connectivity index (χ1) is 19.1. The smallest absolute Gasteiger partial charge is 0.246 e. The second kappa shape index (κ2) is 9.23. The summed E-state index contributed by atoms with van der Waals surface area (Å²) in [4.78, 5) is 23.2. The molecule has 1 saturated carbocycles. The van der Waals surface area contributed by atoms with Crippen molar-refractivity contribution < 1.29 is 9.53 Å². The Morgan fingerprint density at radius 1 is 1.08 bits per heavy atom. The van der Waals surface area contributed by atoms with Gasteiger partial charge >= 0.3 is 0 Å². The van der Waals surface area contributed by atoms with Gasteiger partial charge in [-0.25, -0.2) is 19.0 Å². The Labute approximate surface area is 224 Å². The van der Waals surface area contributed by atoms with Gasteiger partial charge in [-0.05, 0) is 85.6 Å². The van der Waals surface area contributed by atoms with E-state index in [2.05, 4.69) is 38.1 Å². The highest BCUT2D eigenvalue weighted by atomic mass is 16.5. The van der Waals surface area contributed by atoms with Crippen molar-refractivity contribution in [2.45, 2.75) is 38.1 Å². The summed E-state index contributed by atoms with van der Waals surface area (Å²) in [5, 5.41) is 12.1. The zero-order chi connectivity index (χ0) is 26.5. The van der Waals surface area contributed by atoms with Crippen LogP contribution in [-0.2, 0) is 4.79 Å². The lowest BCUT2D eigenvalue weighted by Gasteiger charge is -2.49. The molecular weight excluding hydrogens is 492 g/mol. The molecule has 1 N–H and O–H groups in total. The first kappa shape index (κ1) is 23.4. The predicted octanol–water partition coefficient (Wildman–Crippen LogP) is 4.90. The Hall–Kier alpha value is -4.73. The number of benzene rings is 1. The average molecular weight is 521 g/mol. The molecule has 2 aliphatic heterocycles. The number of carbonyl (C=O) groups excluding carboxylic acids is 1. The van der Waals surface area contributed by atoms with Gasteiger partial charge in [0.05, 0.1) is 0 Å². The van der Waals surface area contributed by atoms with Crippen LogP contribution in [0.15, 0.2) is 74.1 Å².